The Balaban J connectivity index is 3.34. The smallest absolute Gasteiger partial charge is 0.343 e. The maximum absolute atomic E-state index is 12.9. The van der Waals surface area contributed by atoms with Crippen molar-refractivity contribution in [3.05, 3.63) is 33.9 Å². The Morgan fingerprint density at radius 2 is 1.81 bits per heavy atom. The summed E-state index contributed by atoms with van der Waals surface area (Å²) in [6.07, 6.45) is 1.27. The van der Waals surface area contributed by atoms with Crippen molar-refractivity contribution in [3.8, 4) is 11.5 Å². The number of benzene rings is 1. The third-order valence-corrected chi connectivity index (χ3v) is 4.43. The van der Waals surface area contributed by atoms with Gasteiger partial charge in [0, 0.05) is 12.3 Å². The Bertz CT molecular complexity index is 687. The van der Waals surface area contributed by atoms with Crippen molar-refractivity contribution in [2.24, 2.45) is 5.92 Å². The first-order valence-electron chi connectivity index (χ1n) is 7.92. The molecule has 1 unspecified atom stereocenters. The highest BCUT2D eigenvalue weighted by Gasteiger charge is 2.25. The molecule has 0 aliphatic rings. The molecule has 0 aliphatic heterocycles. The molecule has 0 aliphatic carbocycles. The van der Waals surface area contributed by atoms with Gasteiger partial charge in [-0.3, -0.25) is 4.79 Å². The lowest BCUT2D eigenvalue weighted by atomic mass is 10.0. The van der Waals surface area contributed by atoms with Gasteiger partial charge in [-0.25, -0.2) is 4.79 Å². The molecule has 0 fully saturated rings. The largest absolute Gasteiger partial charge is 0.496 e. The molecule has 1 rings (SSSR count). The molecule has 0 saturated carbocycles. The molecule has 144 valence electrons. The zero-order chi connectivity index (χ0) is 19.9. The lowest BCUT2D eigenvalue weighted by Crippen LogP contribution is -2.34. The van der Waals surface area contributed by atoms with Gasteiger partial charge in [0.15, 0.2) is 0 Å². The van der Waals surface area contributed by atoms with Crippen LogP contribution in [0.15, 0.2) is 28.4 Å². The van der Waals surface area contributed by atoms with Gasteiger partial charge in [0.05, 0.1) is 44.0 Å². The monoisotopic (exact) mass is 429 g/mol. The van der Waals surface area contributed by atoms with Gasteiger partial charge in [0.2, 0.25) is 5.78 Å². The number of halogens is 1. The summed E-state index contributed by atoms with van der Waals surface area (Å²) in [5, 5.41) is 12.3. The fourth-order valence-electron chi connectivity index (χ4n) is 2.16. The van der Waals surface area contributed by atoms with Crippen LogP contribution in [0.1, 0.15) is 24.2 Å². The Hall–Kier alpha value is -2.06. The van der Waals surface area contributed by atoms with E-state index in [0.717, 1.165) is 0 Å². The minimum Gasteiger partial charge on any atom is -0.496 e. The number of hydrogen-bond donors (Lipinski definition) is 2. The topological polar surface area (TPSA) is 94.1 Å². The third-order valence-electron chi connectivity index (χ3n) is 3.81. The van der Waals surface area contributed by atoms with Crippen LogP contribution in [0, 0.1) is 5.92 Å². The molecule has 0 heterocycles. The molecule has 0 spiro atoms. The van der Waals surface area contributed by atoms with Crippen LogP contribution in [0.5, 0.6) is 11.5 Å². The van der Waals surface area contributed by atoms with Crippen molar-refractivity contribution in [1.29, 1.82) is 0 Å². The number of carbonyl (C=O) groups is 2. The van der Waals surface area contributed by atoms with Gasteiger partial charge in [0.1, 0.15) is 17.1 Å². The molecule has 0 bridgehead atoms. The van der Waals surface area contributed by atoms with Crippen molar-refractivity contribution in [3.63, 3.8) is 0 Å². The van der Waals surface area contributed by atoms with E-state index in [1.165, 1.54) is 33.6 Å². The maximum atomic E-state index is 12.9. The zero-order valence-corrected chi connectivity index (χ0v) is 17.0. The highest BCUT2D eigenvalue weighted by atomic mass is 79.9. The minimum atomic E-state index is -0.795. The van der Waals surface area contributed by atoms with Crippen LogP contribution in [0.2, 0.25) is 0 Å². The van der Waals surface area contributed by atoms with Gasteiger partial charge in [-0.2, -0.15) is 0 Å². The highest BCUT2D eigenvalue weighted by molar-refractivity contribution is 9.10. The van der Waals surface area contributed by atoms with E-state index in [2.05, 4.69) is 21.2 Å². The number of ether oxygens (including phenoxy) is 3. The molecule has 7 nitrogen and oxygen atoms in total. The maximum Gasteiger partial charge on any atom is 0.343 e. The number of aliphatic hydroxyl groups is 1. The molecule has 0 amide bonds. The minimum absolute atomic E-state index is 0.0925. The second-order valence-corrected chi connectivity index (χ2v) is 6.62. The Labute approximate surface area is 161 Å². The summed E-state index contributed by atoms with van der Waals surface area (Å²) < 4.78 is 15.7. The average Bonchev–Trinajstić information content (AvgIpc) is 2.63. The average molecular weight is 430 g/mol. The first-order chi connectivity index (χ1) is 12.3. The molecule has 1 aromatic rings. The molecule has 8 heteroatoms. The molecule has 0 aromatic heterocycles. The van der Waals surface area contributed by atoms with E-state index >= 15 is 0 Å². The summed E-state index contributed by atoms with van der Waals surface area (Å²) in [5.74, 6) is -0.537. The number of aliphatic hydroxyl groups excluding tert-OH is 1. The number of esters is 1. The van der Waals surface area contributed by atoms with Gasteiger partial charge in [-0.1, -0.05) is 13.8 Å². The van der Waals surface area contributed by atoms with Crippen molar-refractivity contribution >= 4 is 27.7 Å². The van der Waals surface area contributed by atoms with E-state index in [9.17, 15) is 14.7 Å². The van der Waals surface area contributed by atoms with Crippen LogP contribution in [0.25, 0.3) is 0 Å². The van der Waals surface area contributed by atoms with Crippen LogP contribution in [0.3, 0.4) is 0 Å². The van der Waals surface area contributed by atoms with Crippen molar-refractivity contribution < 1.29 is 28.9 Å². The Morgan fingerprint density at radius 3 is 2.27 bits per heavy atom. The van der Waals surface area contributed by atoms with Crippen LogP contribution < -0.4 is 14.8 Å². The number of ketones is 1. The van der Waals surface area contributed by atoms with E-state index in [4.69, 9.17) is 14.2 Å². The lowest BCUT2D eigenvalue weighted by molar-refractivity contribution is -0.135. The normalized spacial score (nSPS) is 12.5. The third kappa shape index (κ3) is 5.22. The number of hydrogen-bond acceptors (Lipinski definition) is 7. The quantitative estimate of drug-likeness (QED) is 0.204. The van der Waals surface area contributed by atoms with Crippen molar-refractivity contribution in [2.75, 3.05) is 27.9 Å². The van der Waals surface area contributed by atoms with Gasteiger partial charge < -0.3 is 24.6 Å². The highest BCUT2D eigenvalue weighted by Crippen LogP contribution is 2.34. The van der Waals surface area contributed by atoms with Gasteiger partial charge in [0.25, 0.3) is 0 Å². The molecule has 0 saturated heterocycles. The molecular weight excluding hydrogens is 406 g/mol. The van der Waals surface area contributed by atoms with Crippen LogP contribution >= 0.6 is 15.9 Å². The predicted octanol–water partition coefficient (Wildman–Crippen LogP) is 2.31. The van der Waals surface area contributed by atoms with E-state index in [1.807, 2.05) is 13.8 Å². The van der Waals surface area contributed by atoms with Crippen molar-refractivity contribution in [1.82, 2.24) is 5.32 Å². The van der Waals surface area contributed by atoms with Gasteiger partial charge in [-0.15, -0.1) is 0 Å². The number of carbonyl (C=O) groups excluding carboxylic acids is 2. The zero-order valence-electron chi connectivity index (χ0n) is 15.5. The summed E-state index contributed by atoms with van der Waals surface area (Å²) >= 11 is 3.32. The lowest BCUT2D eigenvalue weighted by Gasteiger charge is -2.19. The van der Waals surface area contributed by atoms with E-state index in [-0.39, 0.29) is 35.5 Å². The summed E-state index contributed by atoms with van der Waals surface area (Å²) in [5.41, 5.74) is -0.0364. The SMILES string of the molecule is COC(=O)/C(=C/NC(CO)C(C)C)C(=O)c1cc(Br)c(OC)cc1OC. The number of Topliss-reactive ketones (excluding diaryl/α,β-unsaturated/α-hetero) is 1. The van der Waals surface area contributed by atoms with Crippen molar-refractivity contribution in [2.45, 2.75) is 19.9 Å². The fraction of sp³-hybridized carbons (Fsp3) is 0.444. The van der Waals surface area contributed by atoms with E-state index < -0.39 is 11.8 Å². The Kier molecular flexibility index (Phi) is 8.60. The molecule has 1 atom stereocenters. The fourth-order valence-corrected chi connectivity index (χ4v) is 2.66. The molecule has 2 N–H and O–H groups in total. The number of rotatable bonds is 9. The molecule has 0 radical (unpaired) electrons. The molecule has 26 heavy (non-hydrogen) atoms. The van der Waals surface area contributed by atoms with Gasteiger partial charge in [-0.05, 0) is 27.9 Å². The van der Waals surface area contributed by atoms with Gasteiger partial charge >= 0.3 is 5.97 Å². The van der Waals surface area contributed by atoms with Crippen LogP contribution in [-0.4, -0.2) is 50.8 Å². The molecule has 1 aromatic carbocycles. The second kappa shape index (κ2) is 10.2. The standard InChI is InChI=1S/C18H24BrNO6/c1-10(2)14(9-21)20-8-12(18(23)26-5)17(22)11-6-13(19)16(25-4)7-15(11)24-3/h6-8,10,14,20-21H,9H2,1-5H3/b12-8+. The van der Waals surface area contributed by atoms with E-state index in [1.54, 1.807) is 6.07 Å². The predicted molar refractivity (Wildman–Crippen MR) is 101 cm³/mol. The first-order valence-corrected chi connectivity index (χ1v) is 8.71. The van der Waals surface area contributed by atoms with E-state index in [0.29, 0.717) is 10.2 Å². The van der Waals surface area contributed by atoms with Crippen LogP contribution in [0.4, 0.5) is 0 Å². The Morgan fingerprint density at radius 1 is 1.19 bits per heavy atom. The number of nitrogens with one attached hydrogen (secondary N) is 1. The first kappa shape index (κ1) is 22.0. The summed E-state index contributed by atoms with van der Waals surface area (Å²) in [7, 11) is 4.10. The summed E-state index contributed by atoms with van der Waals surface area (Å²) in [6, 6.07) is 2.75. The summed E-state index contributed by atoms with van der Waals surface area (Å²) in [6.45, 7) is 3.67. The van der Waals surface area contributed by atoms with Crippen LogP contribution in [-0.2, 0) is 9.53 Å². The second-order valence-electron chi connectivity index (χ2n) is 5.77. The summed E-state index contributed by atoms with van der Waals surface area (Å²) in [4.78, 5) is 25.0. The number of methoxy groups -OCH3 is 3. The molecular formula is C18H24BrNO6.